The molecule has 0 saturated heterocycles. The van der Waals surface area contributed by atoms with Crippen LogP contribution in [0, 0.1) is 13.8 Å². The number of carbonyl (C=O) groups excluding carboxylic acids is 3. The van der Waals surface area contributed by atoms with Gasteiger partial charge in [-0.2, -0.15) is 0 Å². The average molecular weight is 492 g/mol. The van der Waals surface area contributed by atoms with E-state index in [-0.39, 0.29) is 17.4 Å². The Kier molecular flexibility index (Phi) is 5.26. The molecule has 3 heterocycles. The summed E-state index contributed by atoms with van der Waals surface area (Å²) in [5.74, 6) is 0.0351. The monoisotopic (exact) mass is 491 g/mol. The first-order chi connectivity index (χ1) is 17.8. The van der Waals surface area contributed by atoms with Crippen LogP contribution in [0.2, 0.25) is 0 Å². The van der Waals surface area contributed by atoms with Crippen LogP contribution in [0.15, 0.2) is 60.7 Å². The minimum Gasteiger partial charge on any atom is -0.357 e. The summed E-state index contributed by atoms with van der Waals surface area (Å²) in [6.45, 7) is 4.97. The number of rotatable bonds is 2. The number of hydrogen-bond donors (Lipinski definition) is 0. The third kappa shape index (κ3) is 3.64. The maximum Gasteiger partial charge on any atom is 0.266 e. The Hall–Kier alpha value is -4.59. The molecular formula is C29H25N5O3. The summed E-state index contributed by atoms with van der Waals surface area (Å²) in [4.78, 5) is 54.9. The van der Waals surface area contributed by atoms with Gasteiger partial charge in [0.15, 0.2) is 11.6 Å². The molecule has 0 bridgehead atoms. The highest BCUT2D eigenvalue weighted by atomic mass is 16.2. The molecule has 1 aromatic heterocycles. The molecule has 0 N–H and O–H groups in total. The van der Waals surface area contributed by atoms with Crippen LogP contribution < -0.4 is 14.7 Å². The van der Waals surface area contributed by atoms with Crippen LogP contribution in [0.3, 0.4) is 0 Å². The molecule has 0 fully saturated rings. The first-order valence-electron chi connectivity index (χ1n) is 12.2. The quantitative estimate of drug-likeness (QED) is 0.383. The lowest BCUT2D eigenvalue weighted by molar-refractivity contribution is 0.0924. The molecule has 3 aromatic carbocycles. The van der Waals surface area contributed by atoms with E-state index in [0.29, 0.717) is 40.5 Å². The molecule has 0 aliphatic carbocycles. The number of para-hydroxylation sites is 2. The van der Waals surface area contributed by atoms with Crippen molar-refractivity contribution in [3.8, 4) is 0 Å². The van der Waals surface area contributed by atoms with E-state index < -0.39 is 5.91 Å². The Balaban J connectivity index is 1.40. The molecule has 0 unspecified atom stereocenters. The number of amides is 3. The second-order valence-electron chi connectivity index (χ2n) is 9.59. The van der Waals surface area contributed by atoms with E-state index in [1.165, 1.54) is 11.0 Å². The molecule has 8 nitrogen and oxygen atoms in total. The van der Waals surface area contributed by atoms with Crippen LogP contribution in [-0.2, 0) is 0 Å². The predicted octanol–water partition coefficient (Wildman–Crippen LogP) is 4.53. The lowest BCUT2D eigenvalue weighted by Crippen LogP contribution is -2.32. The van der Waals surface area contributed by atoms with Gasteiger partial charge >= 0.3 is 0 Å². The first-order valence-corrected chi connectivity index (χ1v) is 12.2. The largest absolute Gasteiger partial charge is 0.357 e. The Morgan fingerprint density at radius 1 is 0.811 bits per heavy atom. The maximum absolute atomic E-state index is 13.8. The van der Waals surface area contributed by atoms with Crippen molar-refractivity contribution in [2.75, 3.05) is 34.8 Å². The minimum absolute atomic E-state index is 0.230. The fraction of sp³-hybridized carbons (Fsp3) is 0.207. The zero-order valence-corrected chi connectivity index (χ0v) is 20.9. The van der Waals surface area contributed by atoms with Crippen molar-refractivity contribution in [3.05, 3.63) is 88.5 Å². The second-order valence-corrected chi connectivity index (χ2v) is 9.59. The molecule has 8 heteroatoms. The number of nitrogens with zero attached hydrogens (tertiary/aromatic N) is 5. The standard InChI is InChI=1S/C29H25N5O3/c1-17-9-10-18(2)24(15-17)34-28(36)20-12-11-19(16-21(20)29(34)37)27(35)33-14-6-13-32(3)25-26(33)31-23-8-5-4-7-22(23)30-25/h4-5,7-12,15-16H,6,13-14H2,1-3H3. The molecule has 0 atom stereocenters. The van der Waals surface area contributed by atoms with Crippen LogP contribution in [0.1, 0.15) is 48.6 Å². The van der Waals surface area contributed by atoms with Gasteiger partial charge in [0, 0.05) is 25.7 Å². The zero-order chi connectivity index (χ0) is 25.8. The lowest BCUT2D eigenvalue weighted by Gasteiger charge is -2.23. The van der Waals surface area contributed by atoms with E-state index in [1.807, 2.05) is 68.3 Å². The van der Waals surface area contributed by atoms with Gasteiger partial charge in [0.05, 0.1) is 27.8 Å². The summed E-state index contributed by atoms with van der Waals surface area (Å²) in [6.07, 6.45) is 0.736. The van der Waals surface area contributed by atoms with E-state index in [0.717, 1.165) is 29.6 Å². The molecular weight excluding hydrogens is 466 g/mol. The Labute approximate surface area is 214 Å². The van der Waals surface area contributed by atoms with Crippen LogP contribution >= 0.6 is 0 Å². The van der Waals surface area contributed by atoms with Gasteiger partial charge in [-0.25, -0.2) is 14.9 Å². The van der Waals surface area contributed by atoms with Gasteiger partial charge in [-0.15, -0.1) is 0 Å². The summed E-state index contributed by atoms with van der Waals surface area (Å²) in [6, 6.07) is 18.0. The number of hydrogen-bond acceptors (Lipinski definition) is 6. The molecule has 0 saturated carbocycles. The molecule has 2 aliphatic rings. The van der Waals surface area contributed by atoms with Crippen molar-refractivity contribution in [3.63, 3.8) is 0 Å². The fourth-order valence-electron chi connectivity index (χ4n) is 5.00. The Bertz CT molecular complexity index is 1630. The molecule has 3 amide bonds. The van der Waals surface area contributed by atoms with E-state index in [2.05, 4.69) is 0 Å². The number of imide groups is 1. The summed E-state index contributed by atoms with van der Waals surface area (Å²) >= 11 is 0. The van der Waals surface area contributed by atoms with Gasteiger partial charge in [-0.3, -0.25) is 19.3 Å². The highest BCUT2D eigenvalue weighted by Gasteiger charge is 2.38. The van der Waals surface area contributed by atoms with Gasteiger partial charge in [0.2, 0.25) is 0 Å². The highest BCUT2D eigenvalue weighted by Crippen LogP contribution is 2.34. The molecule has 184 valence electrons. The van der Waals surface area contributed by atoms with Crippen molar-refractivity contribution in [2.24, 2.45) is 0 Å². The smallest absolute Gasteiger partial charge is 0.266 e. The summed E-state index contributed by atoms with van der Waals surface area (Å²) < 4.78 is 0. The third-order valence-corrected chi connectivity index (χ3v) is 7.01. The summed E-state index contributed by atoms with van der Waals surface area (Å²) in [5, 5.41) is 0. The van der Waals surface area contributed by atoms with Crippen LogP contribution in [0.4, 0.5) is 17.3 Å². The molecule has 2 aliphatic heterocycles. The van der Waals surface area contributed by atoms with Crippen molar-refractivity contribution >= 4 is 46.1 Å². The average Bonchev–Trinajstić information content (AvgIpc) is 3.04. The SMILES string of the molecule is Cc1ccc(C)c(N2C(=O)c3ccc(C(=O)N4CCCN(C)c5nc6ccccc6nc54)cc3C2=O)c1. The Morgan fingerprint density at radius 3 is 2.27 bits per heavy atom. The molecule has 37 heavy (non-hydrogen) atoms. The van der Waals surface area contributed by atoms with Gasteiger partial charge in [-0.05, 0) is 67.8 Å². The third-order valence-electron chi connectivity index (χ3n) is 7.01. The number of fused-ring (bicyclic) bond motifs is 3. The fourth-order valence-corrected chi connectivity index (χ4v) is 5.00. The van der Waals surface area contributed by atoms with Crippen LogP contribution in [0.5, 0.6) is 0 Å². The van der Waals surface area contributed by atoms with Crippen LogP contribution in [-0.4, -0.2) is 47.8 Å². The number of aromatic nitrogens is 2. The second kappa shape index (κ2) is 8.51. The molecule has 4 aromatic rings. The van der Waals surface area contributed by atoms with E-state index >= 15 is 0 Å². The van der Waals surface area contributed by atoms with Crippen molar-refractivity contribution in [1.82, 2.24) is 9.97 Å². The van der Waals surface area contributed by atoms with Crippen molar-refractivity contribution < 1.29 is 14.4 Å². The van der Waals surface area contributed by atoms with E-state index in [1.54, 1.807) is 17.0 Å². The van der Waals surface area contributed by atoms with Crippen LogP contribution in [0.25, 0.3) is 11.0 Å². The zero-order valence-electron chi connectivity index (χ0n) is 20.9. The minimum atomic E-state index is -0.426. The van der Waals surface area contributed by atoms with Gasteiger partial charge in [0.25, 0.3) is 17.7 Å². The Morgan fingerprint density at radius 2 is 1.51 bits per heavy atom. The number of carbonyl (C=O) groups is 3. The summed E-state index contributed by atoms with van der Waals surface area (Å²) in [5.41, 5.74) is 4.65. The maximum atomic E-state index is 13.8. The topological polar surface area (TPSA) is 86.7 Å². The van der Waals surface area contributed by atoms with E-state index in [9.17, 15) is 14.4 Å². The summed E-state index contributed by atoms with van der Waals surface area (Å²) in [7, 11) is 1.94. The molecule has 0 radical (unpaired) electrons. The highest BCUT2D eigenvalue weighted by molar-refractivity contribution is 6.35. The lowest BCUT2D eigenvalue weighted by atomic mass is 10.0. The number of anilines is 3. The normalized spacial score (nSPS) is 15.2. The predicted molar refractivity (Wildman–Crippen MR) is 143 cm³/mol. The van der Waals surface area contributed by atoms with Crippen molar-refractivity contribution in [1.29, 1.82) is 0 Å². The number of aryl methyl sites for hydroxylation is 2. The van der Waals surface area contributed by atoms with E-state index in [4.69, 9.17) is 9.97 Å². The molecule has 0 spiro atoms. The van der Waals surface area contributed by atoms with Gasteiger partial charge in [0.1, 0.15) is 0 Å². The van der Waals surface area contributed by atoms with Crippen molar-refractivity contribution in [2.45, 2.75) is 20.3 Å². The van der Waals surface area contributed by atoms with Gasteiger partial charge < -0.3 is 4.90 Å². The molecule has 6 rings (SSSR count). The first kappa shape index (κ1) is 22.8. The van der Waals surface area contributed by atoms with Gasteiger partial charge in [-0.1, -0.05) is 24.3 Å². The number of benzene rings is 3.